The quantitative estimate of drug-likeness (QED) is 0.794. The second kappa shape index (κ2) is 6.06. The van der Waals surface area contributed by atoms with Gasteiger partial charge in [-0.15, -0.1) is 11.3 Å². The van der Waals surface area contributed by atoms with Gasteiger partial charge in [-0.3, -0.25) is 0 Å². The molecule has 2 heteroatoms. The summed E-state index contributed by atoms with van der Waals surface area (Å²) in [4.78, 5) is 0. The van der Waals surface area contributed by atoms with Crippen molar-refractivity contribution in [3.05, 3.63) is 35.2 Å². The van der Waals surface area contributed by atoms with Gasteiger partial charge >= 0.3 is 0 Å². The number of hydrogen-bond acceptors (Lipinski definition) is 2. The van der Waals surface area contributed by atoms with Crippen LogP contribution >= 0.6 is 11.3 Å². The van der Waals surface area contributed by atoms with Crippen molar-refractivity contribution in [2.45, 2.75) is 46.6 Å². The zero-order valence-electron chi connectivity index (χ0n) is 12.5. The van der Waals surface area contributed by atoms with Gasteiger partial charge in [0.2, 0.25) is 0 Å². The number of rotatable bonds is 6. The van der Waals surface area contributed by atoms with Gasteiger partial charge in [0.1, 0.15) is 0 Å². The van der Waals surface area contributed by atoms with Crippen molar-refractivity contribution in [2.75, 3.05) is 6.54 Å². The molecule has 0 bridgehead atoms. The first-order chi connectivity index (χ1) is 8.98. The highest BCUT2D eigenvalue weighted by molar-refractivity contribution is 7.17. The topological polar surface area (TPSA) is 12.0 Å². The molecule has 1 heterocycles. The molecule has 2 rings (SSSR count). The van der Waals surface area contributed by atoms with Crippen LogP contribution in [0.3, 0.4) is 0 Å². The van der Waals surface area contributed by atoms with E-state index in [0.717, 1.165) is 13.0 Å². The Morgan fingerprint density at radius 3 is 2.68 bits per heavy atom. The highest BCUT2D eigenvalue weighted by Gasteiger charge is 2.20. The molecule has 104 valence electrons. The number of benzene rings is 1. The molecule has 0 aliphatic heterocycles. The summed E-state index contributed by atoms with van der Waals surface area (Å²) >= 11 is 1.87. The maximum Gasteiger partial charge on any atom is 0.0345 e. The Labute approximate surface area is 121 Å². The van der Waals surface area contributed by atoms with E-state index in [1.54, 1.807) is 0 Å². The van der Waals surface area contributed by atoms with Gasteiger partial charge in [0, 0.05) is 10.7 Å². The summed E-state index contributed by atoms with van der Waals surface area (Å²) in [5, 5.41) is 7.30. The van der Waals surface area contributed by atoms with E-state index in [0.29, 0.717) is 11.5 Å². The number of thiophene rings is 1. The molecule has 0 saturated heterocycles. The van der Waals surface area contributed by atoms with Crippen LogP contribution < -0.4 is 5.32 Å². The van der Waals surface area contributed by atoms with Crippen molar-refractivity contribution >= 4 is 21.4 Å². The standard InChI is InChI=1S/C17H25NS/c1-13(2)18-10-9-17(3,4)11-14-12-19-16-8-6-5-7-15(14)16/h5-8,12-13,18H,9-11H2,1-4H3. The minimum Gasteiger partial charge on any atom is -0.315 e. The third kappa shape index (κ3) is 4.05. The second-order valence-corrected chi connectivity index (χ2v) is 7.37. The molecule has 1 nitrogen and oxygen atoms in total. The van der Waals surface area contributed by atoms with Crippen LogP contribution in [0.1, 0.15) is 39.7 Å². The molecule has 0 amide bonds. The predicted molar refractivity (Wildman–Crippen MR) is 87.1 cm³/mol. The van der Waals surface area contributed by atoms with Gasteiger partial charge in [-0.05, 0) is 47.2 Å². The number of nitrogens with one attached hydrogen (secondary N) is 1. The van der Waals surface area contributed by atoms with Gasteiger partial charge in [-0.25, -0.2) is 0 Å². The summed E-state index contributed by atoms with van der Waals surface area (Å²) in [6.07, 6.45) is 2.38. The SMILES string of the molecule is CC(C)NCCC(C)(C)Cc1csc2ccccc12. The maximum absolute atomic E-state index is 3.52. The van der Waals surface area contributed by atoms with Crippen molar-refractivity contribution in [2.24, 2.45) is 5.41 Å². The van der Waals surface area contributed by atoms with Crippen molar-refractivity contribution < 1.29 is 0 Å². The van der Waals surface area contributed by atoms with Crippen molar-refractivity contribution in [1.29, 1.82) is 0 Å². The number of hydrogen-bond donors (Lipinski definition) is 1. The van der Waals surface area contributed by atoms with E-state index < -0.39 is 0 Å². The summed E-state index contributed by atoms with van der Waals surface area (Å²) in [5.74, 6) is 0. The molecule has 1 aromatic carbocycles. The normalized spacial score (nSPS) is 12.5. The Kier molecular flexibility index (Phi) is 4.64. The monoisotopic (exact) mass is 275 g/mol. The van der Waals surface area contributed by atoms with Crippen molar-refractivity contribution in [3.63, 3.8) is 0 Å². The molecule has 0 atom stereocenters. The molecular weight excluding hydrogens is 250 g/mol. The van der Waals surface area contributed by atoms with Crippen LogP contribution in [0.25, 0.3) is 10.1 Å². The van der Waals surface area contributed by atoms with Gasteiger partial charge in [0.25, 0.3) is 0 Å². The summed E-state index contributed by atoms with van der Waals surface area (Å²) in [7, 11) is 0. The third-order valence-electron chi connectivity index (χ3n) is 3.58. The Balaban J connectivity index is 2.03. The lowest BCUT2D eigenvalue weighted by atomic mass is 9.82. The lowest BCUT2D eigenvalue weighted by Gasteiger charge is -2.25. The molecule has 0 aliphatic rings. The Morgan fingerprint density at radius 2 is 1.95 bits per heavy atom. The van der Waals surface area contributed by atoms with Gasteiger partial charge in [-0.2, -0.15) is 0 Å². The molecular formula is C17H25NS. The highest BCUT2D eigenvalue weighted by atomic mass is 32.1. The van der Waals surface area contributed by atoms with E-state index in [2.05, 4.69) is 62.7 Å². The molecule has 1 N–H and O–H groups in total. The fourth-order valence-corrected chi connectivity index (χ4v) is 3.44. The van der Waals surface area contributed by atoms with E-state index in [9.17, 15) is 0 Å². The molecule has 0 saturated carbocycles. The average Bonchev–Trinajstić information content (AvgIpc) is 2.71. The molecule has 19 heavy (non-hydrogen) atoms. The molecule has 0 fully saturated rings. The summed E-state index contributed by atoms with van der Waals surface area (Å²) < 4.78 is 1.41. The molecule has 0 radical (unpaired) electrons. The molecule has 1 aromatic heterocycles. The predicted octanol–water partition coefficient (Wildman–Crippen LogP) is 4.86. The zero-order chi connectivity index (χ0) is 13.9. The van der Waals surface area contributed by atoms with Gasteiger partial charge in [0.15, 0.2) is 0 Å². The van der Waals surface area contributed by atoms with Gasteiger partial charge in [-0.1, -0.05) is 45.9 Å². The third-order valence-corrected chi connectivity index (χ3v) is 4.60. The number of fused-ring (bicyclic) bond motifs is 1. The van der Waals surface area contributed by atoms with Crippen LogP contribution in [0.15, 0.2) is 29.6 Å². The molecule has 0 spiro atoms. The minimum atomic E-state index is 0.353. The van der Waals surface area contributed by atoms with Crippen LogP contribution in [0.5, 0.6) is 0 Å². The van der Waals surface area contributed by atoms with Crippen LogP contribution in [0.4, 0.5) is 0 Å². The van der Waals surface area contributed by atoms with Gasteiger partial charge in [0.05, 0.1) is 0 Å². The molecule has 2 aromatic rings. The average molecular weight is 275 g/mol. The largest absolute Gasteiger partial charge is 0.315 e. The smallest absolute Gasteiger partial charge is 0.0345 e. The van der Waals surface area contributed by atoms with E-state index >= 15 is 0 Å². The van der Waals surface area contributed by atoms with E-state index in [1.807, 2.05) is 11.3 Å². The van der Waals surface area contributed by atoms with Crippen LogP contribution in [-0.4, -0.2) is 12.6 Å². The second-order valence-electron chi connectivity index (χ2n) is 6.46. The zero-order valence-corrected chi connectivity index (χ0v) is 13.3. The Bertz CT molecular complexity index is 525. The minimum absolute atomic E-state index is 0.353. The Morgan fingerprint density at radius 1 is 1.21 bits per heavy atom. The fourth-order valence-electron chi connectivity index (χ4n) is 2.47. The van der Waals surface area contributed by atoms with E-state index in [-0.39, 0.29) is 0 Å². The summed E-state index contributed by atoms with van der Waals surface area (Å²) in [6, 6.07) is 9.32. The lowest BCUT2D eigenvalue weighted by molar-refractivity contribution is 0.322. The van der Waals surface area contributed by atoms with Crippen molar-refractivity contribution in [3.8, 4) is 0 Å². The first-order valence-electron chi connectivity index (χ1n) is 7.16. The fraction of sp³-hybridized carbons (Fsp3) is 0.529. The lowest BCUT2D eigenvalue weighted by Crippen LogP contribution is -2.28. The first kappa shape index (κ1) is 14.5. The van der Waals surface area contributed by atoms with Crippen molar-refractivity contribution in [1.82, 2.24) is 5.32 Å². The highest BCUT2D eigenvalue weighted by Crippen LogP contribution is 2.32. The Hall–Kier alpha value is -0.860. The van der Waals surface area contributed by atoms with Crippen LogP contribution in [-0.2, 0) is 6.42 Å². The van der Waals surface area contributed by atoms with Crippen LogP contribution in [0.2, 0.25) is 0 Å². The maximum atomic E-state index is 3.52. The summed E-state index contributed by atoms with van der Waals surface area (Å²) in [6.45, 7) is 10.3. The van der Waals surface area contributed by atoms with E-state index in [1.165, 1.54) is 22.1 Å². The van der Waals surface area contributed by atoms with Gasteiger partial charge < -0.3 is 5.32 Å². The molecule has 0 unspecified atom stereocenters. The summed E-state index contributed by atoms with van der Waals surface area (Å²) in [5.41, 5.74) is 1.86. The molecule has 0 aliphatic carbocycles. The first-order valence-corrected chi connectivity index (χ1v) is 8.04. The van der Waals surface area contributed by atoms with Crippen LogP contribution in [0, 0.1) is 5.41 Å². The van der Waals surface area contributed by atoms with E-state index in [4.69, 9.17) is 0 Å².